The summed E-state index contributed by atoms with van der Waals surface area (Å²) in [6.07, 6.45) is 0. The Morgan fingerprint density at radius 2 is 1.67 bits per heavy atom. The van der Waals surface area contributed by atoms with Gasteiger partial charge in [-0.15, -0.1) is 0 Å². The van der Waals surface area contributed by atoms with Crippen LogP contribution in [-0.2, 0) is 10.0 Å². The second kappa shape index (κ2) is 3.75. The van der Waals surface area contributed by atoms with Crippen LogP contribution >= 0.6 is 0 Å². The molecule has 4 heteroatoms. The third kappa shape index (κ3) is 3.54. The Kier molecular flexibility index (Phi) is 3.72. The molecule has 0 amide bonds. The fourth-order valence-electron chi connectivity index (χ4n) is 0.493. The van der Waals surface area contributed by atoms with E-state index in [9.17, 15) is 8.42 Å². The van der Waals surface area contributed by atoms with E-state index in [1.165, 1.54) is 0 Å². The first-order valence-electron chi connectivity index (χ1n) is 4.16. The summed E-state index contributed by atoms with van der Waals surface area (Å²) in [5, 5.41) is 0. The summed E-state index contributed by atoms with van der Waals surface area (Å²) < 4.78 is 24.8. The fourth-order valence-corrected chi connectivity index (χ4v) is 1.48. The Labute approximate surface area is 75.6 Å². The maximum atomic E-state index is 11.4. The van der Waals surface area contributed by atoms with Crippen LogP contribution in [-0.4, -0.2) is 19.7 Å². The highest BCUT2D eigenvalue weighted by Gasteiger charge is 2.28. The van der Waals surface area contributed by atoms with E-state index < -0.39 is 14.8 Å². The molecule has 0 saturated heterocycles. The molecule has 0 aliphatic carbocycles. The minimum absolute atomic E-state index is 0.349. The van der Waals surface area contributed by atoms with Crippen LogP contribution in [0, 0.1) is 5.92 Å². The first-order valence-corrected chi connectivity index (χ1v) is 5.64. The normalized spacial score (nSPS) is 13.8. The second-order valence-corrected chi connectivity index (χ2v) is 6.88. The molecule has 0 rings (SSSR count). The van der Waals surface area contributed by atoms with Crippen LogP contribution in [0.4, 0.5) is 0 Å². The monoisotopic (exact) mass is 193 g/mol. The number of nitrogens with one attached hydrogen (secondary N) is 1. The standard InChI is InChI=1S/C8H19NO2S/c1-7(2)6-9-12(10,11)8(3,4)5/h7,9H,6H2,1-5H3. The van der Waals surface area contributed by atoms with E-state index in [-0.39, 0.29) is 0 Å². The summed E-state index contributed by atoms with van der Waals surface area (Å²) in [5.41, 5.74) is 0. The third-order valence-electron chi connectivity index (χ3n) is 1.49. The van der Waals surface area contributed by atoms with Crippen LogP contribution in [0.25, 0.3) is 0 Å². The molecule has 0 heterocycles. The molecule has 0 saturated carbocycles. The van der Waals surface area contributed by atoms with Crippen molar-refractivity contribution in [3.05, 3.63) is 0 Å². The summed E-state index contributed by atoms with van der Waals surface area (Å²) >= 11 is 0. The first-order chi connectivity index (χ1) is 5.17. The van der Waals surface area contributed by atoms with Crippen molar-refractivity contribution in [1.29, 1.82) is 0 Å². The highest BCUT2D eigenvalue weighted by atomic mass is 32.2. The SMILES string of the molecule is CC(C)CNS(=O)(=O)C(C)(C)C. The minimum atomic E-state index is -3.14. The van der Waals surface area contributed by atoms with Gasteiger partial charge in [0.2, 0.25) is 10.0 Å². The summed E-state index contributed by atoms with van der Waals surface area (Å²) in [7, 11) is -3.14. The predicted octanol–water partition coefficient (Wildman–Crippen LogP) is 1.36. The van der Waals surface area contributed by atoms with Gasteiger partial charge in [-0.3, -0.25) is 0 Å². The quantitative estimate of drug-likeness (QED) is 0.735. The van der Waals surface area contributed by atoms with E-state index in [1.807, 2.05) is 13.8 Å². The van der Waals surface area contributed by atoms with Crippen molar-refractivity contribution >= 4 is 10.0 Å². The van der Waals surface area contributed by atoms with Crippen molar-refractivity contribution in [2.24, 2.45) is 5.92 Å². The molecule has 0 aliphatic rings. The maximum Gasteiger partial charge on any atom is 0.216 e. The Bertz CT molecular complexity index is 224. The van der Waals surface area contributed by atoms with Gasteiger partial charge in [-0.2, -0.15) is 0 Å². The number of rotatable bonds is 3. The molecule has 1 N–H and O–H groups in total. The molecule has 74 valence electrons. The van der Waals surface area contributed by atoms with Crippen LogP contribution in [0.1, 0.15) is 34.6 Å². The van der Waals surface area contributed by atoms with Gasteiger partial charge in [-0.25, -0.2) is 13.1 Å². The smallest absolute Gasteiger partial charge is 0.215 e. The van der Waals surface area contributed by atoms with E-state index in [4.69, 9.17) is 0 Å². The van der Waals surface area contributed by atoms with Crippen LogP contribution in [0.5, 0.6) is 0 Å². The Morgan fingerprint density at radius 1 is 1.25 bits per heavy atom. The predicted molar refractivity (Wildman–Crippen MR) is 51.5 cm³/mol. The summed E-state index contributed by atoms with van der Waals surface area (Å²) in [5.74, 6) is 0.349. The van der Waals surface area contributed by atoms with Crippen molar-refractivity contribution in [3.63, 3.8) is 0 Å². The molecule has 0 aromatic rings. The van der Waals surface area contributed by atoms with Gasteiger partial charge < -0.3 is 0 Å². The van der Waals surface area contributed by atoms with Crippen molar-refractivity contribution < 1.29 is 8.42 Å². The van der Waals surface area contributed by atoms with Crippen molar-refractivity contribution in [1.82, 2.24) is 4.72 Å². The van der Waals surface area contributed by atoms with Crippen molar-refractivity contribution in [2.45, 2.75) is 39.4 Å². The lowest BCUT2D eigenvalue weighted by Gasteiger charge is -2.20. The second-order valence-electron chi connectivity index (χ2n) is 4.36. The van der Waals surface area contributed by atoms with Gasteiger partial charge in [0.1, 0.15) is 0 Å². The van der Waals surface area contributed by atoms with E-state index in [1.54, 1.807) is 20.8 Å². The lowest BCUT2D eigenvalue weighted by atomic mass is 10.2. The molecular weight excluding hydrogens is 174 g/mol. The largest absolute Gasteiger partial charge is 0.216 e. The molecule has 0 unspecified atom stereocenters. The van der Waals surface area contributed by atoms with E-state index in [0.29, 0.717) is 12.5 Å². The van der Waals surface area contributed by atoms with Gasteiger partial charge >= 0.3 is 0 Å². The molecule has 0 spiro atoms. The first kappa shape index (κ1) is 11.9. The highest BCUT2D eigenvalue weighted by Crippen LogP contribution is 2.12. The van der Waals surface area contributed by atoms with Crippen LogP contribution in [0.3, 0.4) is 0 Å². The molecule has 0 aromatic heterocycles. The molecule has 12 heavy (non-hydrogen) atoms. The molecule has 0 bridgehead atoms. The Balaban J connectivity index is 4.27. The average Bonchev–Trinajstić information content (AvgIpc) is 1.81. The lowest BCUT2D eigenvalue weighted by Crippen LogP contribution is -2.40. The minimum Gasteiger partial charge on any atom is -0.215 e. The zero-order valence-corrected chi connectivity index (χ0v) is 9.33. The van der Waals surface area contributed by atoms with E-state index in [0.717, 1.165) is 0 Å². The summed E-state index contributed by atoms with van der Waals surface area (Å²) in [6.45, 7) is 9.54. The van der Waals surface area contributed by atoms with Gasteiger partial charge in [-0.1, -0.05) is 13.8 Å². The van der Waals surface area contributed by atoms with Crippen LogP contribution in [0.15, 0.2) is 0 Å². The molecule has 0 fully saturated rings. The van der Waals surface area contributed by atoms with E-state index >= 15 is 0 Å². The lowest BCUT2D eigenvalue weighted by molar-refractivity contribution is 0.529. The summed E-state index contributed by atoms with van der Waals surface area (Å²) in [6, 6.07) is 0. The number of hydrogen-bond donors (Lipinski definition) is 1. The van der Waals surface area contributed by atoms with Crippen molar-refractivity contribution in [3.8, 4) is 0 Å². The molecule has 0 aliphatic heterocycles. The highest BCUT2D eigenvalue weighted by molar-refractivity contribution is 7.90. The van der Waals surface area contributed by atoms with E-state index in [2.05, 4.69) is 4.72 Å². The molecule has 0 radical (unpaired) electrons. The number of hydrogen-bond acceptors (Lipinski definition) is 2. The number of sulfonamides is 1. The third-order valence-corrected chi connectivity index (χ3v) is 3.65. The molecule has 0 aromatic carbocycles. The zero-order chi connectivity index (χ0) is 9.99. The fraction of sp³-hybridized carbons (Fsp3) is 1.00. The molecular formula is C8H19NO2S. The van der Waals surface area contributed by atoms with Gasteiger partial charge in [-0.05, 0) is 26.7 Å². The summed E-state index contributed by atoms with van der Waals surface area (Å²) in [4.78, 5) is 0. The zero-order valence-electron chi connectivity index (χ0n) is 8.51. The van der Waals surface area contributed by atoms with Gasteiger partial charge in [0.25, 0.3) is 0 Å². The Morgan fingerprint density at radius 3 is 1.92 bits per heavy atom. The van der Waals surface area contributed by atoms with Crippen LogP contribution in [0.2, 0.25) is 0 Å². The van der Waals surface area contributed by atoms with Gasteiger partial charge in [0, 0.05) is 6.54 Å². The maximum absolute atomic E-state index is 11.4. The van der Waals surface area contributed by atoms with Crippen molar-refractivity contribution in [2.75, 3.05) is 6.54 Å². The van der Waals surface area contributed by atoms with Crippen LogP contribution < -0.4 is 4.72 Å². The molecule has 0 atom stereocenters. The topological polar surface area (TPSA) is 46.2 Å². The average molecular weight is 193 g/mol. The molecule has 3 nitrogen and oxygen atoms in total. The van der Waals surface area contributed by atoms with Gasteiger partial charge in [0.05, 0.1) is 4.75 Å². The Hall–Kier alpha value is -0.0900. The van der Waals surface area contributed by atoms with Gasteiger partial charge in [0.15, 0.2) is 0 Å².